The Balaban J connectivity index is 1.95. The van der Waals surface area contributed by atoms with Gasteiger partial charge in [-0.05, 0) is 31.9 Å². The van der Waals surface area contributed by atoms with Gasteiger partial charge in [-0.2, -0.15) is 0 Å². The maximum atomic E-state index is 12.3. The molecule has 2 atom stereocenters. The van der Waals surface area contributed by atoms with Crippen LogP contribution in [0.4, 0.5) is 0 Å². The molecule has 1 N–H and O–H groups in total. The van der Waals surface area contributed by atoms with Gasteiger partial charge < -0.3 is 10.1 Å². The molecule has 0 aromatic heterocycles. The van der Waals surface area contributed by atoms with E-state index >= 15 is 0 Å². The normalized spacial score (nSPS) is 20.0. The van der Waals surface area contributed by atoms with E-state index in [2.05, 4.69) is 27.1 Å². The molecule has 114 valence electrons. The van der Waals surface area contributed by atoms with Crippen LogP contribution in [-0.4, -0.2) is 42.5 Å². The molecule has 1 fully saturated rings. The van der Waals surface area contributed by atoms with E-state index in [4.69, 9.17) is 0 Å². The van der Waals surface area contributed by atoms with Gasteiger partial charge in [0.05, 0.1) is 13.2 Å². The summed E-state index contributed by atoms with van der Waals surface area (Å²) in [6.07, 6.45) is 1.82. The molecule has 0 spiro atoms. The van der Waals surface area contributed by atoms with E-state index in [1.807, 2.05) is 18.2 Å². The third-order valence-electron chi connectivity index (χ3n) is 3.81. The number of likely N-dealkylation sites (tertiary alicyclic amines) is 1. The molecule has 1 heterocycles. The quantitative estimate of drug-likeness (QED) is 0.831. The van der Waals surface area contributed by atoms with Gasteiger partial charge in [0, 0.05) is 6.54 Å². The minimum atomic E-state index is -0.610. The predicted octanol–water partition coefficient (Wildman–Crippen LogP) is 1.33. The third kappa shape index (κ3) is 4.04. The second-order valence-electron chi connectivity index (χ2n) is 5.37. The SMILES string of the molecule is COC(=O)[C@H](C)NC(=O)C1CCCN1Cc1ccccc1. The highest BCUT2D eigenvalue weighted by atomic mass is 16.5. The number of ether oxygens (including phenoxy) is 1. The van der Waals surface area contributed by atoms with Crippen LogP contribution in [0.3, 0.4) is 0 Å². The average molecular weight is 290 g/mol. The highest BCUT2D eigenvalue weighted by Crippen LogP contribution is 2.20. The van der Waals surface area contributed by atoms with E-state index in [1.165, 1.54) is 12.7 Å². The Hall–Kier alpha value is -1.88. The number of hydrogen-bond acceptors (Lipinski definition) is 4. The van der Waals surface area contributed by atoms with Gasteiger partial charge in [0.25, 0.3) is 0 Å². The fraction of sp³-hybridized carbons (Fsp3) is 0.500. The Morgan fingerprint density at radius 3 is 2.76 bits per heavy atom. The third-order valence-corrected chi connectivity index (χ3v) is 3.81. The zero-order valence-corrected chi connectivity index (χ0v) is 12.5. The van der Waals surface area contributed by atoms with Crippen molar-refractivity contribution in [2.45, 2.75) is 38.4 Å². The number of carbonyl (C=O) groups excluding carboxylic acids is 2. The van der Waals surface area contributed by atoms with Gasteiger partial charge in [-0.25, -0.2) is 4.79 Å². The molecule has 1 aliphatic rings. The van der Waals surface area contributed by atoms with E-state index in [-0.39, 0.29) is 11.9 Å². The lowest BCUT2D eigenvalue weighted by Gasteiger charge is -2.24. The molecule has 0 radical (unpaired) electrons. The number of nitrogens with zero attached hydrogens (tertiary/aromatic N) is 1. The molecule has 0 saturated carbocycles. The smallest absolute Gasteiger partial charge is 0.328 e. The molecule has 0 bridgehead atoms. The van der Waals surface area contributed by atoms with Crippen molar-refractivity contribution in [3.8, 4) is 0 Å². The lowest BCUT2D eigenvalue weighted by molar-refractivity contribution is -0.145. The number of hydrogen-bond donors (Lipinski definition) is 1. The van der Waals surface area contributed by atoms with Gasteiger partial charge in [-0.15, -0.1) is 0 Å². The maximum absolute atomic E-state index is 12.3. The van der Waals surface area contributed by atoms with Crippen molar-refractivity contribution in [3.63, 3.8) is 0 Å². The summed E-state index contributed by atoms with van der Waals surface area (Å²) in [5.74, 6) is -0.516. The summed E-state index contributed by atoms with van der Waals surface area (Å²) in [4.78, 5) is 25.9. The van der Waals surface area contributed by atoms with Gasteiger partial charge in [0.15, 0.2) is 0 Å². The highest BCUT2D eigenvalue weighted by Gasteiger charge is 2.32. The molecule has 2 rings (SSSR count). The van der Waals surface area contributed by atoms with Gasteiger partial charge in [-0.1, -0.05) is 30.3 Å². The van der Waals surface area contributed by atoms with Crippen molar-refractivity contribution in [2.75, 3.05) is 13.7 Å². The summed E-state index contributed by atoms with van der Waals surface area (Å²) in [7, 11) is 1.32. The summed E-state index contributed by atoms with van der Waals surface area (Å²) in [6.45, 7) is 3.30. The van der Waals surface area contributed by atoms with Gasteiger partial charge in [-0.3, -0.25) is 9.69 Å². The Labute approximate surface area is 125 Å². The van der Waals surface area contributed by atoms with Crippen LogP contribution in [0.15, 0.2) is 30.3 Å². The number of esters is 1. The number of benzene rings is 1. The first kappa shape index (κ1) is 15.5. The first-order chi connectivity index (χ1) is 10.1. The average Bonchev–Trinajstić information content (AvgIpc) is 2.95. The molecule has 0 aliphatic carbocycles. The molecule has 1 aliphatic heterocycles. The summed E-state index contributed by atoms with van der Waals surface area (Å²) in [5, 5.41) is 2.73. The summed E-state index contributed by atoms with van der Waals surface area (Å²) < 4.78 is 4.63. The Morgan fingerprint density at radius 1 is 1.38 bits per heavy atom. The first-order valence-corrected chi connectivity index (χ1v) is 7.28. The van der Waals surface area contributed by atoms with Crippen molar-refractivity contribution in [3.05, 3.63) is 35.9 Å². The summed E-state index contributed by atoms with van der Waals surface area (Å²) in [5.41, 5.74) is 1.19. The van der Waals surface area contributed by atoms with Crippen molar-refractivity contribution < 1.29 is 14.3 Å². The monoisotopic (exact) mass is 290 g/mol. The molecule has 1 unspecified atom stereocenters. The van der Waals surface area contributed by atoms with Crippen molar-refractivity contribution in [1.82, 2.24) is 10.2 Å². The molecule has 1 aromatic carbocycles. The zero-order chi connectivity index (χ0) is 15.2. The maximum Gasteiger partial charge on any atom is 0.328 e. The van der Waals surface area contributed by atoms with E-state index < -0.39 is 12.0 Å². The second kappa shape index (κ2) is 7.22. The van der Waals surface area contributed by atoms with Crippen LogP contribution in [0, 0.1) is 0 Å². The second-order valence-corrected chi connectivity index (χ2v) is 5.37. The van der Waals surface area contributed by atoms with Crippen LogP contribution in [0.25, 0.3) is 0 Å². The van der Waals surface area contributed by atoms with E-state index in [1.54, 1.807) is 6.92 Å². The Bertz CT molecular complexity index is 490. The van der Waals surface area contributed by atoms with Crippen LogP contribution in [0.5, 0.6) is 0 Å². The number of nitrogens with one attached hydrogen (secondary N) is 1. The minimum absolute atomic E-state index is 0.0960. The lowest BCUT2D eigenvalue weighted by atomic mass is 10.1. The molecule has 21 heavy (non-hydrogen) atoms. The summed E-state index contributed by atoms with van der Waals surface area (Å²) in [6, 6.07) is 9.32. The largest absolute Gasteiger partial charge is 0.467 e. The zero-order valence-electron chi connectivity index (χ0n) is 12.5. The Morgan fingerprint density at radius 2 is 2.10 bits per heavy atom. The lowest BCUT2D eigenvalue weighted by Crippen LogP contribution is -2.48. The topological polar surface area (TPSA) is 58.6 Å². The highest BCUT2D eigenvalue weighted by molar-refractivity contribution is 5.87. The van der Waals surface area contributed by atoms with Gasteiger partial charge >= 0.3 is 5.97 Å². The van der Waals surface area contributed by atoms with Crippen LogP contribution >= 0.6 is 0 Å². The molecular formula is C16H22N2O3. The molecular weight excluding hydrogens is 268 g/mol. The van der Waals surface area contributed by atoms with Gasteiger partial charge in [0.1, 0.15) is 6.04 Å². The molecule has 1 aromatic rings. The molecule has 1 saturated heterocycles. The van der Waals surface area contributed by atoms with Crippen molar-refractivity contribution in [2.24, 2.45) is 0 Å². The van der Waals surface area contributed by atoms with Crippen molar-refractivity contribution >= 4 is 11.9 Å². The number of amides is 1. The molecule has 5 heteroatoms. The minimum Gasteiger partial charge on any atom is -0.467 e. The van der Waals surface area contributed by atoms with Crippen molar-refractivity contribution in [1.29, 1.82) is 0 Å². The van der Waals surface area contributed by atoms with Crippen LogP contribution in [-0.2, 0) is 20.9 Å². The molecule has 1 amide bonds. The van der Waals surface area contributed by atoms with E-state index in [9.17, 15) is 9.59 Å². The van der Waals surface area contributed by atoms with Crippen LogP contribution in [0.2, 0.25) is 0 Å². The first-order valence-electron chi connectivity index (χ1n) is 7.28. The standard InChI is InChI=1S/C16H22N2O3/c1-12(16(20)21-2)17-15(19)14-9-6-10-18(14)11-13-7-4-3-5-8-13/h3-5,7-8,12,14H,6,9-11H2,1-2H3,(H,17,19)/t12-,14?/m0/s1. The number of carbonyl (C=O) groups is 2. The fourth-order valence-electron chi connectivity index (χ4n) is 2.68. The number of rotatable bonds is 5. The van der Waals surface area contributed by atoms with Gasteiger partial charge in [0.2, 0.25) is 5.91 Å². The predicted molar refractivity (Wildman–Crippen MR) is 79.5 cm³/mol. The number of methoxy groups -OCH3 is 1. The molecule has 5 nitrogen and oxygen atoms in total. The van der Waals surface area contributed by atoms with E-state index in [0.29, 0.717) is 0 Å². The Kier molecular flexibility index (Phi) is 5.33. The van der Waals surface area contributed by atoms with E-state index in [0.717, 1.165) is 25.9 Å². The van der Waals surface area contributed by atoms with Crippen LogP contribution < -0.4 is 5.32 Å². The van der Waals surface area contributed by atoms with Crippen LogP contribution in [0.1, 0.15) is 25.3 Å². The summed E-state index contributed by atoms with van der Waals surface area (Å²) >= 11 is 0. The fourth-order valence-corrected chi connectivity index (χ4v) is 2.68.